The fourth-order valence-corrected chi connectivity index (χ4v) is 2.97. The number of amides is 2. The van der Waals surface area contributed by atoms with Gasteiger partial charge in [-0.15, -0.1) is 0 Å². The van der Waals surface area contributed by atoms with Gasteiger partial charge in [0.05, 0.1) is 5.69 Å². The van der Waals surface area contributed by atoms with Crippen molar-refractivity contribution in [1.29, 1.82) is 0 Å². The Morgan fingerprint density at radius 2 is 1.80 bits per heavy atom. The average molecular weight is 365 g/mol. The van der Waals surface area contributed by atoms with Crippen LogP contribution in [0, 0.1) is 11.6 Å². The standard InChI is InChI=1S/C18H15ClF2N2O2/c1-11-17(24)23(16-7-6-14(20)10-15(16)21)9-8-22(11)18(25)12-2-4-13(19)5-3-12/h2-7,10-11H,8-9H2,1H3/t11-/m1/s1. The van der Waals surface area contributed by atoms with Crippen molar-refractivity contribution in [2.75, 3.05) is 18.0 Å². The number of halogens is 3. The summed E-state index contributed by atoms with van der Waals surface area (Å²) in [4.78, 5) is 27.9. The highest BCUT2D eigenvalue weighted by Crippen LogP contribution is 2.25. The minimum Gasteiger partial charge on any atom is -0.325 e. The molecule has 2 aromatic carbocycles. The second-order valence-corrected chi connectivity index (χ2v) is 6.20. The van der Waals surface area contributed by atoms with Crippen molar-refractivity contribution >= 4 is 29.1 Å². The van der Waals surface area contributed by atoms with E-state index in [2.05, 4.69) is 0 Å². The minimum absolute atomic E-state index is 0.0110. The zero-order chi connectivity index (χ0) is 18.1. The van der Waals surface area contributed by atoms with Crippen molar-refractivity contribution in [2.45, 2.75) is 13.0 Å². The fraction of sp³-hybridized carbons (Fsp3) is 0.222. The Balaban J connectivity index is 1.81. The van der Waals surface area contributed by atoms with Crippen LogP contribution in [0.1, 0.15) is 17.3 Å². The molecule has 0 unspecified atom stereocenters. The Labute approximate surface area is 148 Å². The predicted molar refractivity (Wildman–Crippen MR) is 90.7 cm³/mol. The summed E-state index contributed by atoms with van der Waals surface area (Å²) in [5.41, 5.74) is 0.433. The number of hydrogen-bond acceptors (Lipinski definition) is 2. The van der Waals surface area contributed by atoms with Crippen LogP contribution >= 0.6 is 11.6 Å². The van der Waals surface area contributed by atoms with Crippen molar-refractivity contribution in [3.8, 4) is 0 Å². The molecule has 1 heterocycles. The van der Waals surface area contributed by atoms with Crippen LogP contribution in [0.5, 0.6) is 0 Å². The Hall–Kier alpha value is -2.47. The van der Waals surface area contributed by atoms with E-state index in [-0.39, 0.29) is 24.7 Å². The minimum atomic E-state index is -0.807. The third-order valence-corrected chi connectivity index (χ3v) is 4.46. The molecule has 0 aliphatic carbocycles. The number of nitrogens with zero attached hydrogens (tertiary/aromatic N) is 2. The zero-order valence-electron chi connectivity index (χ0n) is 13.4. The van der Waals surface area contributed by atoms with Crippen LogP contribution in [0.4, 0.5) is 14.5 Å². The second-order valence-electron chi connectivity index (χ2n) is 5.77. The molecular weight excluding hydrogens is 350 g/mol. The van der Waals surface area contributed by atoms with Gasteiger partial charge in [0.2, 0.25) is 5.91 Å². The maximum atomic E-state index is 14.0. The van der Waals surface area contributed by atoms with E-state index in [4.69, 9.17) is 11.6 Å². The number of benzene rings is 2. The smallest absolute Gasteiger partial charge is 0.254 e. The van der Waals surface area contributed by atoms with Gasteiger partial charge in [-0.3, -0.25) is 9.59 Å². The largest absolute Gasteiger partial charge is 0.325 e. The molecule has 1 fully saturated rings. The van der Waals surface area contributed by atoms with Gasteiger partial charge in [-0.05, 0) is 43.3 Å². The van der Waals surface area contributed by atoms with Crippen LogP contribution in [0.3, 0.4) is 0 Å². The fourth-order valence-electron chi connectivity index (χ4n) is 2.85. The Kier molecular flexibility index (Phi) is 4.72. The Morgan fingerprint density at radius 3 is 2.44 bits per heavy atom. The van der Waals surface area contributed by atoms with Gasteiger partial charge in [0.25, 0.3) is 5.91 Å². The first-order valence-corrected chi connectivity index (χ1v) is 8.09. The molecular formula is C18H15ClF2N2O2. The molecule has 1 aliphatic rings. The first kappa shape index (κ1) is 17.4. The number of anilines is 1. The summed E-state index contributed by atoms with van der Waals surface area (Å²) in [5, 5.41) is 0.511. The maximum Gasteiger partial charge on any atom is 0.254 e. The van der Waals surface area contributed by atoms with E-state index in [0.717, 1.165) is 12.1 Å². The molecule has 0 spiro atoms. The SMILES string of the molecule is C[C@@H]1C(=O)N(c2ccc(F)cc2F)CCN1C(=O)c1ccc(Cl)cc1. The van der Waals surface area contributed by atoms with Crippen molar-refractivity contribution in [2.24, 2.45) is 0 Å². The van der Waals surface area contributed by atoms with Gasteiger partial charge in [-0.2, -0.15) is 0 Å². The van der Waals surface area contributed by atoms with Crippen LogP contribution in [0.25, 0.3) is 0 Å². The van der Waals surface area contributed by atoms with Crippen LogP contribution in [0.15, 0.2) is 42.5 Å². The Bertz CT molecular complexity index is 826. The van der Waals surface area contributed by atoms with Crippen molar-refractivity contribution in [1.82, 2.24) is 4.90 Å². The normalized spacial score (nSPS) is 17.8. The molecule has 0 saturated carbocycles. The lowest BCUT2D eigenvalue weighted by Crippen LogP contribution is -2.58. The van der Waals surface area contributed by atoms with E-state index < -0.39 is 23.6 Å². The highest BCUT2D eigenvalue weighted by molar-refractivity contribution is 6.30. The molecule has 3 rings (SSSR count). The molecule has 25 heavy (non-hydrogen) atoms. The third kappa shape index (κ3) is 3.35. The number of hydrogen-bond donors (Lipinski definition) is 0. The number of carbonyl (C=O) groups is 2. The molecule has 130 valence electrons. The predicted octanol–water partition coefficient (Wildman–Crippen LogP) is 3.50. The zero-order valence-corrected chi connectivity index (χ0v) is 14.1. The quantitative estimate of drug-likeness (QED) is 0.818. The summed E-state index contributed by atoms with van der Waals surface area (Å²) >= 11 is 5.82. The highest BCUT2D eigenvalue weighted by atomic mass is 35.5. The van der Waals surface area contributed by atoms with E-state index >= 15 is 0 Å². The molecule has 1 atom stereocenters. The lowest BCUT2D eigenvalue weighted by Gasteiger charge is -2.39. The monoisotopic (exact) mass is 364 g/mol. The van der Waals surface area contributed by atoms with E-state index in [1.54, 1.807) is 31.2 Å². The second kappa shape index (κ2) is 6.80. The summed E-state index contributed by atoms with van der Waals surface area (Å²) in [5.74, 6) is -2.23. The third-order valence-electron chi connectivity index (χ3n) is 4.21. The topological polar surface area (TPSA) is 40.6 Å². The Morgan fingerprint density at radius 1 is 1.12 bits per heavy atom. The molecule has 1 aliphatic heterocycles. The van der Waals surface area contributed by atoms with Crippen LogP contribution in [0.2, 0.25) is 5.02 Å². The number of rotatable bonds is 2. The number of piperazine rings is 1. The van der Waals surface area contributed by atoms with Gasteiger partial charge in [0.15, 0.2) is 0 Å². The first-order chi connectivity index (χ1) is 11.9. The van der Waals surface area contributed by atoms with Crippen molar-refractivity contribution in [3.05, 3.63) is 64.7 Å². The van der Waals surface area contributed by atoms with Crippen molar-refractivity contribution in [3.63, 3.8) is 0 Å². The lowest BCUT2D eigenvalue weighted by atomic mass is 10.1. The molecule has 0 radical (unpaired) electrons. The first-order valence-electron chi connectivity index (χ1n) is 7.71. The van der Waals surface area contributed by atoms with Gasteiger partial charge >= 0.3 is 0 Å². The van der Waals surface area contributed by atoms with Gasteiger partial charge in [0, 0.05) is 29.7 Å². The number of carbonyl (C=O) groups excluding carboxylic acids is 2. The average Bonchev–Trinajstić information content (AvgIpc) is 2.58. The van der Waals surface area contributed by atoms with Crippen LogP contribution in [-0.4, -0.2) is 35.8 Å². The molecule has 4 nitrogen and oxygen atoms in total. The molecule has 2 aromatic rings. The summed E-state index contributed by atoms with van der Waals surface area (Å²) in [7, 11) is 0. The molecule has 0 bridgehead atoms. The molecule has 7 heteroatoms. The lowest BCUT2D eigenvalue weighted by molar-refractivity contribution is -0.124. The maximum absolute atomic E-state index is 14.0. The van der Waals surface area contributed by atoms with E-state index in [1.165, 1.54) is 15.9 Å². The van der Waals surface area contributed by atoms with Gasteiger partial charge in [-0.1, -0.05) is 11.6 Å². The van der Waals surface area contributed by atoms with Crippen molar-refractivity contribution < 1.29 is 18.4 Å². The molecule has 1 saturated heterocycles. The molecule has 0 aromatic heterocycles. The highest BCUT2D eigenvalue weighted by Gasteiger charge is 2.36. The van der Waals surface area contributed by atoms with Gasteiger partial charge in [-0.25, -0.2) is 8.78 Å². The molecule has 2 amide bonds. The van der Waals surface area contributed by atoms with E-state index in [1.807, 2.05) is 0 Å². The summed E-state index contributed by atoms with van der Waals surface area (Å²) < 4.78 is 27.0. The summed E-state index contributed by atoms with van der Waals surface area (Å²) in [6.45, 7) is 1.96. The van der Waals surface area contributed by atoms with Gasteiger partial charge in [0.1, 0.15) is 17.7 Å². The van der Waals surface area contributed by atoms with Gasteiger partial charge < -0.3 is 9.80 Å². The van der Waals surface area contributed by atoms with Crippen LogP contribution < -0.4 is 4.90 Å². The van der Waals surface area contributed by atoms with E-state index in [0.29, 0.717) is 10.6 Å². The van der Waals surface area contributed by atoms with E-state index in [9.17, 15) is 18.4 Å². The summed E-state index contributed by atoms with van der Waals surface area (Å²) in [6.07, 6.45) is 0. The molecule has 0 N–H and O–H groups in total. The summed E-state index contributed by atoms with van der Waals surface area (Å²) in [6, 6.07) is 8.69. The van der Waals surface area contributed by atoms with Crippen LogP contribution in [-0.2, 0) is 4.79 Å².